The van der Waals surface area contributed by atoms with Crippen molar-refractivity contribution in [2.75, 3.05) is 23.3 Å². The Kier molecular flexibility index (Phi) is 5.62. The zero-order valence-electron chi connectivity index (χ0n) is 17.9. The van der Waals surface area contributed by atoms with Crippen LogP contribution in [0.5, 0.6) is 0 Å². The summed E-state index contributed by atoms with van der Waals surface area (Å²) < 4.78 is 0. The van der Waals surface area contributed by atoms with Crippen molar-refractivity contribution in [1.29, 1.82) is 5.26 Å². The fraction of sp³-hybridized carbons (Fsp3) is 0.261. The van der Waals surface area contributed by atoms with E-state index in [9.17, 15) is 10.1 Å². The number of pyridine rings is 2. The summed E-state index contributed by atoms with van der Waals surface area (Å²) in [6.45, 7) is 3.30. The lowest BCUT2D eigenvalue weighted by Crippen LogP contribution is -2.36. The number of nitrogens with one attached hydrogen (secondary N) is 1. The molecule has 0 aromatic carbocycles. The van der Waals surface area contributed by atoms with Crippen molar-refractivity contribution < 1.29 is 4.79 Å². The zero-order valence-corrected chi connectivity index (χ0v) is 18.7. The maximum Gasteiger partial charge on any atom is 0.261 e. The monoisotopic (exact) mass is 456 g/mol. The fourth-order valence-corrected chi connectivity index (χ4v) is 4.68. The zero-order chi connectivity index (χ0) is 22.8. The Morgan fingerprint density at radius 1 is 1.24 bits per heavy atom. The van der Waals surface area contributed by atoms with Crippen molar-refractivity contribution in [3.63, 3.8) is 0 Å². The van der Waals surface area contributed by atoms with Crippen LogP contribution in [0.3, 0.4) is 0 Å². The van der Waals surface area contributed by atoms with Crippen LogP contribution in [0.15, 0.2) is 43.0 Å². The molecule has 0 unspecified atom stereocenters. The average molecular weight is 457 g/mol. The second-order valence-electron chi connectivity index (χ2n) is 7.85. The molecule has 164 valence electrons. The maximum absolute atomic E-state index is 13.2. The summed E-state index contributed by atoms with van der Waals surface area (Å²) in [5.41, 5.74) is 4.16. The molecule has 1 saturated heterocycles. The van der Waals surface area contributed by atoms with Crippen LogP contribution in [0.25, 0.3) is 21.7 Å². The smallest absolute Gasteiger partial charge is 0.261 e. The van der Waals surface area contributed by atoms with E-state index in [4.69, 9.17) is 0 Å². The Morgan fingerprint density at radius 2 is 2.09 bits per heavy atom. The highest BCUT2D eigenvalue weighted by Gasteiger charge is 2.24. The molecule has 0 radical (unpaired) electrons. The number of fused-ring (bicyclic) bond motifs is 1. The standard InChI is InChI=1S/C23H20N8OS/c1-14-9-19(31-8-2-3-15(10-24)13-31)17(11-26-14)21(32)30-23-29-20-22(33-23)28-18(12-27-20)16-4-6-25-7-5-16/h4-7,9,11-12,15H,2-3,8,13H2,1H3,(H,27,29,30,32)/t15-/m0/s1. The molecule has 10 heteroatoms. The summed E-state index contributed by atoms with van der Waals surface area (Å²) >= 11 is 1.27. The molecule has 1 N–H and O–H groups in total. The third kappa shape index (κ3) is 4.36. The van der Waals surface area contributed by atoms with Crippen LogP contribution >= 0.6 is 11.3 Å². The molecule has 9 nitrogen and oxygen atoms in total. The summed E-state index contributed by atoms with van der Waals surface area (Å²) in [5, 5.41) is 12.7. The highest BCUT2D eigenvalue weighted by Crippen LogP contribution is 2.29. The van der Waals surface area contributed by atoms with Gasteiger partial charge in [-0.3, -0.25) is 20.1 Å². The van der Waals surface area contributed by atoms with Gasteiger partial charge in [0.05, 0.1) is 35.1 Å². The first-order valence-corrected chi connectivity index (χ1v) is 11.4. The molecule has 0 saturated carbocycles. The van der Waals surface area contributed by atoms with E-state index in [0.29, 0.717) is 33.4 Å². The van der Waals surface area contributed by atoms with Crippen molar-refractivity contribution >= 4 is 38.5 Å². The highest BCUT2D eigenvalue weighted by atomic mass is 32.1. The van der Waals surface area contributed by atoms with E-state index in [0.717, 1.165) is 36.3 Å². The largest absolute Gasteiger partial charge is 0.369 e. The Bertz CT molecular complexity index is 1360. The molecule has 4 aromatic rings. The molecule has 1 aliphatic rings. The Balaban J connectivity index is 1.41. The van der Waals surface area contributed by atoms with Gasteiger partial charge in [-0.2, -0.15) is 10.2 Å². The van der Waals surface area contributed by atoms with Gasteiger partial charge in [-0.25, -0.2) is 9.97 Å². The van der Waals surface area contributed by atoms with E-state index in [-0.39, 0.29) is 11.8 Å². The number of anilines is 2. The molecule has 33 heavy (non-hydrogen) atoms. The van der Waals surface area contributed by atoms with Crippen molar-refractivity contribution in [2.45, 2.75) is 19.8 Å². The van der Waals surface area contributed by atoms with Crippen LogP contribution < -0.4 is 10.2 Å². The van der Waals surface area contributed by atoms with E-state index >= 15 is 0 Å². The van der Waals surface area contributed by atoms with E-state index in [2.05, 4.69) is 41.2 Å². The van der Waals surface area contributed by atoms with Crippen LogP contribution in [0.4, 0.5) is 10.8 Å². The number of nitrogens with zero attached hydrogens (tertiary/aromatic N) is 7. The fourth-order valence-electron chi connectivity index (χ4n) is 3.88. The van der Waals surface area contributed by atoms with E-state index in [1.165, 1.54) is 11.3 Å². The summed E-state index contributed by atoms with van der Waals surface area (Å²) in [5.74, 6) is -0.343. The number of carbonyl (C=O) groups excluding carboxylic acids is 1. The lowest BCUT2D eigenvalue weighted by Gasteiger charge is -2.32. The Hall–Kier alpha value is -3.97. The van der Waals surface area contributed by atoms with Crippen LogP contribution in [0, 0.1) is 24.2 Å². The van der Waals surface area contributed by atoms with E-state index < -0.39 is 0 Å². The molecule has 0 aliphatic carbocycles. The third-order valence-corrected chi connectivity index (χ3v) is 6.38. The van der Waals surface area contributed by atoms with Gasteiger partial charge in [0, 0.05) is 42.9 Å². The SMILES string of the molecule is Cc1cc(N2CCC[C@@H](C#N)C2)c(C(=O)Nc2nc3ncc(-c4ccncc4)nc3s2)cn1. The minimum Gasteiger partial charge on any atom is -0.369 e. The molecule has 0 bridgehead atoms. The van der Waals surface area contributed by atoms with E-state index in [1.807, 2.05) is 25.1 Å². The van der Waals surface area contributed by atoms with Crippen LogP contribution in [0.2, 0.25) is 0 Å². The van der Waals surface area contributed by atoms with E-state index in [1.54, 1.807) is 24.8 Å². The summed E-state index contributed by atoms with van der Waals surface area (Å²) in [4.78, 5) is 37.7. The topological polar surface area (TPSA) is 121 Å². The molecule has 5 heterocycles. The highest BCUT2D eigenvalue weighted by molar-refractivity contribution is 7.21. The van der Waals surface area contributed by atoms with Crippen LogP contribution in [-0.2, 0) is 0 Å². The molecule has 1 fully saturated rings. The molecule has 5 rings (SSSR count). The minimum atomic E-state index is -0.301. The normalized spacial score (nSPS) is 15.9. The number of piperidine rings is 1. The van der Waals surface area contributed by atoms with Gasteiger partial charge in [-0.1, -0.05) is 11.3 Å². The summed E-state index contributed by atoms with van der Waals surface area (Å²) in [7, 11) is 0. The first kappa shape index (κ1) is 20.9. The molecule has 4 aromatic heterocycles. The lowest BCUT2D eigenvalue weighted by atomic mass is 9.98. The number of rotatable bonds is 4. The van der Waals surface area contributed by atoms with Crippen LogP contribution in [0.1, 0.15) is 28.9 Å². The molecular formula is C23H20N8OS. The van der Waals surface area contributed by atoms with Gasteiger partial charge in [0.1, 0.15) is 0 Å². The maximum atomic E-state index is 13.2. The predicted molar refractivity (Wildman–Crippen MR) is 126 cm³/mol. The minimum absolute atomic E-state index is 0.0425. The lowest BCUT2D eigenvalue weighted by molar-refractivity contribution is 0.102. The number of carbonyl (C=O) groups is 1. The van der Waals surface area contributed by atoms with Crippen molar-refractivity contribution in [1.82, 2.24) is 24.9 Å². The van der Waals surface area contributed by atoms with Crippen molar-refractivity contribution in [2.24, 2.45) is 5.92 Å². The quantitative estimate of drug-likeness (QED) is 0.492. The van der Waals surface area contributed by atoms with Gasteiger partial charge in [-0.05, 0) is 38.0 Å². The number of hydrogen-bond acceptors (Lipinski definition) is 9. The predicted octanol–water partition coefficient (Wildman–Crippen LogP) is 3.84. The molecule has 1 atom stereocenters. The number of amides is 1. The van der Waals surface area contributed by atoms with Gasteiger partial charge in [0.15, 0.2) is 15.6 Å². The molecule has 1 amide bonds. The number of aryl methyl sites for hydroxylation is 1. The van der Waals surface area contributed by atoms with Crippen molar-refractivity contribution in [3.8, 4) is 17.3 Å². The summed E-state index contributed by atoms with van der Waals surface area (Å²) in [6, 6.07) is 7.98. The molecular weight excluding hydrogens is 436 g/mol. The Labute approximate surface area is 194 Å². The van der Waals surface area contributed by atoms with Gasteiger partial charge >= 0.3 is 0 Å². The second kappa shape index (κ2) is 8.88. The number of hydrogen-bond donors (Lipinski definition) is 1. The van der Waals surface area contributed by atoms with Gasteiger partial charge in [-0.15, -0.1) is 0 Å². The number of aromatic nitrogens is 5. The summed E-state index contributed by atoms with van der Waals surface area (Å²) in [6.07, 6.45) is 8.44. The first-order valence-electron chi connectivity index (χ1n) is 10.6. The van der Waals surface area contributed by atoms with Crippen molar-refractivity contribution in [3.05, 3.63) is 54.2 Å². The van der Waals surface area contributed by atoms with Gasteiger partial charge < -0.3 is 4.90 Å². The van der Waals surface area contributed by atoms with Gasteiger partial charge in [0.25, 0.3) is 5.91 Å². The van der Waals surface area contributed by atoms with Crippen LogP contribution in [-0.4, -0.2) is 43.9 Å². The van der Waals surface area contributed by atoms with Gasteiger partial charge in [0.2, 0.25) is 0 Å². The number of nitriles is 1. The molecule has 0 spiro atoms. The third-order valence-electron chi connectivity index (χ3n) is 5.53. The number of thiazole rings is 1. The average Bonchev–Trinajstić information content (AvgIpc) is 3.26. The molecule has 1 aliphatic heterocycles. The first-order chi connectivity index (χ1) is 16.1. The second-order valence-corrected chi connectivity index (χ2v) is 8.83. The Morgan fingerprint density at radius 3 is 2.91 bits per heavy atom.